The Bertz CT molecular complexity index is 1140. The van der Waals surface area contributed by atoms with Crippen molar-refractivity contribution in [3.8, 4) is 0 Å². The first-order valence-corrected chi connectivity index (χ1v) is 11.9. The van der Waals surface area contributed by atoms with Crippen LogP contribution in [-0.4, -0.2) is 32.5 Å². The minimum atomic E-state index is -0.165. The molecule has 1 amide bonds. The highest BCUT2D eigenvalue weighted by atomic mass is 16.1. The molecule has 1 fully saturated rings. The highest BCUT2D eigenvalue weighted by Gasteiger charge is 2.27. The largest absolute Gasteiger partial charge is 0.381 e. The van der Waals surface area contributed by atoms with Gasteiger partial charge in [0.05, 0.1) is 28.9 Å². The minimum absolute atomic E-state index is 0.133. The minimum Gasteiger partial charge on any atom is -0.381 e. The van der Waals surface area contributed by atoms with E-state index in [2.05, 4.69) is 32.8 Å². The Hall–Kier alpha value is -3.22. The Morgan fingerprint density at radius 2 is 1.82 bits per heavy atom. The van der Waals surface area contributed by atoms with Crippen LogP contribution in [0.4, 0.5) is 5.69 Å². The topological polar surface area (TPSA) is 88.9 Å². The summed E-state index contributed by atoms with van der Waals surface area (Å²) < 4.78 is 1.84. The molecule has 0 aliphatic heterocycles. The van der Waals surface area contributed by atoms with Gasteiger partial charge in [0, 0.05) is 24.7 Å². The molecule has 1 saturated carbocycles. The summed E-state index contributed by atoms with van der Waals surface area (Å²) in [5.74, 6) is 0.261. The van der Waals surface area contributed by atoms with Gasteiger partial charge in [-0.25, -0.2) is 9.67 Å². The fraction of sp³-hybridized carbons (Fsp3) is 0.462. The van der Waals surface area contributed by atoms with E-state index < -0.39 is 0 Å². The first kappa shape index (κ1) is 23.0. The van der Waals surface area contributed by atoms with Crippen molar-refractivity contribution in [2.45, 2.75) is 72.0 Å². The summed E-state index contributed by atoms with van der Waals surface area (Å²) in [6.07, 6.45) is 6.99. The molecule has 7 heteroatoms. The van der Waals surface area contributed by atoms with Crippen LogP contribution >= 0.6 is 0 Å². The van der Waals surface area contributed by atoms with Gasteiger partial charge in [0.25, 0.3) is 5.91 Å². The predicted octanol–water partition coefficient (Wildman–Crippen LogP) is 4.81. The molecule has 2 aromatic heterocycles. The zero-order chi connectivity index (χ0) is 23.5. The van der Waals surface area contributed by atoms with Crippen LogP contribution in [0.1, 0.15) is 74.0 Å². The lowest BCUT2D eigenvalue weighted by atomic mass is 9.84. The molecule has 2 heterocycles. The third kappa shape index (κ3) is 4.92. The Morgan fingerprint density at radius 3 is 2.45 bits per heavy atom. The van der Waals surface area contributed by atoms with Crippen LogP contribution in [0.5, 0.6) is 0 Å². The number of benzene rings is 1. The third-order valence-electron chi connectivity index (χ3n) is 6.79. The van der Waals surface area contributed by atoms with E-state index in [1.807, 2.05) is 37.6 Å². The maximum atomic E-state index is 13.4. The normalized spacial score (nSPS) is 19.3. The second kappa shape index (κ2) is 9.73. The number of pyridine rings is 1. The Labute approximate surface area is 195 Å². The van der Waals surface area contributed by atoms with Gasteiger partial charge in [0.15, 0.2) is 5.65 Å². The molecule has 2 N–H and O–H groups in total. The molecule has 7 nitrogen and oxygen atoms in total. The maximum Gasteiger partial charge on any atom is 0.255 e. The summed E-state index contributed by atoms with van der Waals surface area (Å²) in [6, 6.07) is 8.26. The number of hydrogen-bond acceptors (Lipinski definition) is 5. The first-order chi connectivity index (χ1) is 15.9. The lowest BCUT2D eigenvalue weighted by Crippen LogP contribution is -2.31. The monoisotopic (exact) mass is 447 g/mol. The highest BCUT2D eigenvalue weighted by molar-refractivity contribution is 6.06. The molecule has 1 aliphatic carbocycles. The van der Waals surface area contributed by atoms with E-state index in [4.69, 9.17) is 0 Å². The van der Waals surface area contributed by atoms with Crippen LogP contribution in [0.25, 0.3) is 11.0 Å². The number of nitrogens with one attached hydrogen (secondary N) is 2. The molecular weight excluding hydrogens is 414 g/mol. The highest BCUT2D eigenvalue weighted by Crippen LogP contribution is 2.32. The molecule has 0 bridgehead atoms. The van der Waals surface area contributed by atoms with E-state index in [-0.39, 0.29) is 29.7 Å². The molecule has 1 aliphatic rings. The van der Waals surface area contributed by atoms with Gasteiger partial charge in [0.2, 0.25) is 0 Å². The van der Waals surface area contributed by atoms with Gasteiger partial charge in [0.1, 0.15) is 5.78 Å². The van der Waals surface area contributed by atoms with Crippen LogP contribution in [0.2, 0.25) is 0 Å². The van der Waals surface area contributed by atoms with Crippen LogP contribution < -0.4 is 10.6 Å². The summed E-state index contributed by atoms with van der Waals surface area (Å²) in [5, 5.41) is 12.1. The number of amides is 1. The quantitative estimate of drug-likeness (QED) is 0.543. The predicted molar refractivity (Wildman–Crippen MR) is 130 cm³/mol. The number of anilines is 1. The number of hydrogen-bond donors (Lipinski definition) is 2. The SMILES string of the molecule is CCn1ncc2c(N[C@H]3CC[C@@H](C(C)=O)CC3)c(C(=O)N[C@H](C)c3ccc(C)cc3)cnc21. The number of rotatable bonds is 7. The Morgan fingerprint density at radius 1 is 1.12 bits per heavy atom. The van der Waals surface area contributed by atoms with E-state index >= 15 is 0 Å². The van der Waals surface area contributed by atoms with Crippen LogP contribution in [0.3, 0.4) is 0 Å². The van der Waals surface area contributed by atoms with Crippen molar-refractivity contribution in [3.05, 3.63) is 53.3 Å². The van der Waals surface area contributed by atoms with Gasteiger partial charge in [-0.1, -0.05) is 29.8 Å². The summed E-state index contributed by atoms with van der Waals surface area (Å²) in [7, 11) is 0. The van der Waals surface area contributed by atoms with Gasteiger partial charge >= 0.3 is 0 Å². The summed E-state index contributed by atoms with van der Waals surface area (Å²) in [6.45, 7) is 8.44. The fourth-order valence-electron chi connectivity index (χ4n) is 4.65. The van der Waals surface area contributed by atoms with E-state index in [9.17, 15) is 9.59 Å². The molecule has 4 rings (SSSR count). The van der Waals surface area contributed by atoms with Gasteiger partial charge in [-0.15, -0.1) is 0 Å². The molecule has 0 unspecified atom stereocenters. The average molecular weight is 448 g/mol. The molecule has 0 saturated heterocycles. The smallest absolute Gasteiger partial charge is 0.255 e. The fourth-order valence-corrected chi connectivity index (χ4v) is 4.65. The van der Waals surface area contributed by atoms with E-state index in [0.29, 0.717) is 12.1 Å². The van der Waals surface area contributed by atoms with E-state index in [0.717, 1.165) is 48.0 Å². The molecule has 33 heavy (non-hydrogen) atoms. The van der Waals surface area contributed by atoms with Gasteiger partial charge < -0.3 is 10.6 Å². The van der Waals surface area contributed by atoms with Crippen molar-refractivity contribution in [2.24, 2.45) is 5.92 Å². The van der Waals surface area contributed by atoms with Gasteiger partial charge in [-0.2, -0.15) is 5.10 Å². The first-order valence-electron chi connectivity index (χ1n) is 11.9. The number of carbonyl (C=O) groups excluding carboxylic acids is 2. The summed E-state index contributed by atoms with van der Waals surface area (Å²) >= 11 is 0. The second-order valence-corrected chi connectivity index (χ2v) is 9.15. The number of ketones is 1. The lowest BCUT2D eigenvalue weighted by Gasteiger charge is -2.29. The van der Waals surface area contributed by atoms with Gasteiger partial charge in [-0.3, -0.25) is 9.59 Å². The number of carbonyl (C=O) groups is 2. The van der Waals surface area contributed by atoms with Gasteiger partial charge in [-0.05, 0) is 58.9 Å². The maximum absolute atomic E-state index is 13.4. The molecule has 174 valence electrons. The van der Waals surface area contributed by atoms with E-state index in [1.54, 1.807) is 19.3 Å². The van der Waals surface area contributed by atoms with Crippen LogP contribution in [-0.2, 0) is 11.3 Å². The van der Waals surface area contributed by atoms with Crippen LogP contribution in [0, 0.1) is 12.8 Å². The van der Waals surface area contributed by atoms with Crippen molar-refractivity contribution in [2.75, 3.05) is 5.32 Å². The number of aromatic nitrogens is 3. The number of Topliss-reactive ketones (excluding diaryl/α,β-unsaturated/α-hetero) is 1. The standard InChI is InChI=1S/C26H33N5O2/c1-5-31-25-22(15-28-31)24(30-21-12-10-20(11-13-21)18(4)32)23(14-27-25)26(33)29-17(3)19-8-6-16(2)7-9-19/h6-9,14-15,17,20-21H,5,10-13H2,1-4H3,(H,27,30)(H,29,33)/t17-,20-,21+/m1/s1. The second-order valence-electron chi connectivity index (χ2n) is 9.15. The number of fused-ring (bicyclic) bond motifs is 1. The van der Waals surface area contributed by atoms with Crippen molar-refractivity contribution >= 4 is 28.4 Å². The number of aryl methyl sites for hydroxylation is 2. The zero-order valence-corrected chi connectivity index (χ0v) is 19.9. The summed E-state index contributed by atoms with van der Waals surface area (Å²) in [5.41, 5.74) is 4.30. The zero-order valence-electron chi connectivity index (χ0n) is 19.9. The number of nitrogens with zero attached hydrogens (tertiary/aromatic N) is 3. The Kier molecular flexibility index (Phi) is 6.77. The third-order valence-corrected chi connectivity index (χ3v) is 6.79. The lowest BCUT2D eigenvalue weighted by molar-refractivity contribution is -0.121. The molecule has 0 radical (unpaired) electrons. The molecule has 1 atom stereocenters. The molecular formula is C26H33N5O2. The molecule has 3 aromatic rings. The van der Waals surface area contributed by atoms with Crippen molar-refractivity contribution < 1.29 is 9.59 Å². The summed E-state index contributed by atoms with van der Waals surface area (Å²) in [4.78, 5) is 29.7. The van der Waals surface area contributed by atoms with E-state index in [1.165, 1.54) is 5.56 Å². The van der Waals surface area contributed by atoms with Crippen molar-refractivity contribution in [3.63, 3.8) is 0 Å². The molecule has 0 spiro atoms. The Balaban J connectivity index is 1.61. The molecule has 1 aromatic carbocycles. The van der Waals surface area contributed by atoms with Crippen LogP contribution in [0.15, 0.2) is 36.7 Å². The van der Waals surface area contributed by atoms with Crippen molar-refractivity contribution in [1.29, 1.82) is 0 Å². The van der Waals surface area contributed by atoms with Crippen molar-refractivity contribution in [1.82, 2.24) is 20.1 Å². The average Bonchev–Trinajstić information content (AvgIpc) is 3.23.